The lowest BCUT2D eigenvalue weighted by molar-refractivity contribution is -0.124. The van der Waals surface area contributed by atoms with Gasteiger partial charge in [0.2, 0.25) is 5.91 Å². The first kappa shape index (κ1) is 47.6. The van der Waals surface area contributed by atoms with Crippen molar-refractivity contribution < 1.29 is 20.1 Å². The van der Waals surface area contributed by atoms with Gasteiger partial charge in [-0.15, -0.1) is 0 Å². The third kappa shape index (κ3) is 36.2. The number of rotatable bonds is 38. The van der Waals surface area contributed by atoms with Gasteiger partial charge in [0.05, 0.1) is 31.3 Å². The number of nitrogens with one attached hydrogen (secondary N) is 1. The van der Waals surface area contributed by atoms with E-state index in [0.717, 1.165) is 44.9 Å². The third-order valence-corrected chi connectivity index (χ3v) is 9.65. The van der Waals surface area contributed by atoms with E-state index in [0.29, 0.717) is 6.42 Å². The normalized spacial score (nSPS) is 14.0. The van der Waals surface area contributed by atoms with E-state index < -0.39 is 18.2 Å². The van der Waals surface area contributed by atoms with Gasteiger partial charge in [0.1, 0.15) is 0 Å². The fourth-order valence-corrected chi connectivity index (χ4v) is 6.35. The maximum atomic E-state index is 12.4. The molecular formula is C44H83NO4. The summed E-state index contributed by atoms with van der Waals surface area (Å²) in [4.78, 5) is 12.4. The van der Waals surface area contributed by atoms with Crippen molar-refractivity contribution in [1.82, 2.24) is 5.32 Å². The number of carbonyl (C=O) groups excluding carboxylic acids is 1. The highest BCUT2D eigenvalue weighted by molar-refractivity contribution is 5.76. The van der Waals surface area contributed by atoms with Gasteiger partial charge >= 0.3 is 0 Å². The minimum absolute atomic E-state index is 0.000502. The summed E-state index contributed by atoms with van der Waals surface area (Å²) in [7, 11) is 0. The van der Waals surface area contributed by atoms with Gasteiger partial charge in [-0.05, 0) is 57.8 Å². The highest BCUT2D eigenvalue weighted by atomic mass is 16.3. The van der Waals surface area contributed by atoms with Crippen LogP contribution in [0.4, 0.5) is 0 Å². The second-order valence-electron chi connectivity index (χ2n) is 14.6. The molecular weight excluding hydrogens is 606 g/mol. The molecule has 5 nitrogen and oxygen atoms in total. The molecule has 1 amide bonds. The third-order valence-electron chi connectivity index (χ3n) is 9.65. The Morgan fingerprint density at radius 2 is 0.878 bits per heavy atom. The molecule has 0 bridgehead atoms. The highest BCUT2D eigenvalue weighted by Gasteiger charge is 2.20. The molecule has 0 aliphatic carbocycles. The van der Waals surface area contributed by atoms with Gasteiger partial charge in [0, 0.05) is 0 Å². The van der Waals surface area contributed by atoms with Crippen molar-refractivity contribution >= 4 is 5.91 Å². The maximum absolute atomic E-state index is 12.4. The summed E-state index contributed by atoms with van der Waals surface area (Å²) < 4.78 is 0. The number of hydrogen-bond acceptors (Lipinski definition) is 4. The summed E-state index contributed by atoms with van der Waals surface area (Å²) in [6, 6.07) is -0.762. The van der Waals surface area contributed by atoms with Gasteiger partial charge in [-0.3, -0.25) is 4.79 Å². The summed E-state index contributed by atoms with van der Waals surface area (Å²) in [5.74, 6) is -0.331. The van der Waals surface area contributed by atoms with E-state index in [1.807, 2.05) is 6.08 Å². The quantitative estimate of drug-likeness (QED) is 0.0384. The van der Waals surface area contributed by atoms with Gasteiger partial charge < -0.3 is 20.6 Å². The topological polar surface area (TPSA) is 89.8 Å². The summed E-state index contributed by atoms with van der Waals surface area (Å²) in [5.41, 5.74) is 0. The lowest BCUT2D eigenvalue weighted by Crippen LogP contribution is -2.45. The average Bonchev–Trinajstić information content (AvgIpc) is 3.09. The van der Waals surface area contributed by atoms with Gasteiger partial charge in [-0.2, -0.15) is 0 Å². The first-order chi connectivity index (χ1) is 24.0. The molecule has 0 aliphatic heterocycles. The molecule has 0 aliphatic rings. The minimum Gasteiger partial charge on any atom is -0.394 e. The van der Waals surface area contributed by atoms with Crippen LogP contribution in [0, 0.1) is 0 Å². The Balaban J connectivity index is 3.71. The molecule has 0 fully saturated rings. The van der Waals surface area contributed by atoms with E-state index in [1.54, 1.807) is 6.08 Å². The van der Waals surface area contributed by atoms with Crippen LogP contribution in [0.15, 0.2) is 36.5 Å². The van der Waals surface area contributed by atoms with Crippen LogP contribution in [0.25, 0.3) is 0 Å². The number of carbonyl (C=O) groups is 1. The van der Waals surface area contributed by atoms with Crippen LogP contribution < -0.4 is 5.32 Å². The number of unbranched alkanes of at least 4 members (excludes halogenated alkanes) is 25. The fraction of sp³-hybridized carbons (Fsp3) is 0.841. The second-order valence-corrected chi connectivity index (χ2v) is 14.6. The van der Waals surface area contributed by atoms with Crippen LogP contribution in [0.5, 0.6) is 0 Å². The molecule has 3 atom stereocenters. The molecule has 0 saturated heterocycles. The zero-order chi connectivity index (χ0) is 35.9. The Labute approximate surface area is 304 Å². The number of allylic oxidation sites excluding steroid dienone is 5. The SMILES string of the molecule is CCCCCCCCCC/C=C/CC/C=C/C(O)C(CO)NC(=O)CC(O)CCCCCCC/C=C\CCCCCCCCCCCCC. The summed E-state index contributed by atoms with van der Waals surface area (Å²) in [5, 5.41) is 33.1. The van der Waals surface area contributed by atoms with E-state index in [9.17, 15) is 20.1 Å². The second kappa shape index (κ2) is 39.4. The van der Waals surface area contributed by atoms with Gasteiger partial charge in [0.15, 0.2) is 0 Å². The Morgan fingerprint density at radius 3 is 1.31 bits per heavy atom. The largest absolute Gasteiger partial charge is 0.394 e. The molecule has 0 aromatic carbocycles. The monoisotopic (exact) mass is 690 g/mol. The van der Waals surface area contributed by atoms with Gasteiger partial charge in [-0.1, -0.05) is 185 Å². The zero-order valence-corrected chi connectivity index (χ0v) is 32.6. The molecule has 0 spiro atoms. The van der Waals surface area contributed by atoms with Crippen molar-refractivity contribution in [1.29, 1.82) is 0 Å². The lowest BCUT2D eigenvalue weighted by Gasteiger charge is -2.20. The minimum atomic E-state index is -0.952. The van der Waals surface area contributed by atoms with Gasteiger partial charge in [0.25, 0.3) is 0 Å². The standard InChI is InChI=1S/C44H83NO4/c1-3-5-7-9-11-13-15-17-19-20-21-22-23-24-25-27-29-31-33-35-37-41(47)39-44(49)45-42(40-46)43(48)38-36-34-32-30-28-26-18-16-14-12-10-8-6-4-2/h23-24,28,30,36,38,41-43,46-48H,3-22,25-27,29,31-35,37,39-40H2,1-2H3,(H,45,49)/b24-23-,30-28+,38-36+. The van der Waals surface area contributed by atoms with Crippen molar-refractivity contribution in [2.24, 2.45) is 0 Å². The predicted molar refractivity (Wildman–Crippen MR) is 213 cm³/mol. The lowest BCUT2D eigenvalue weighted by atomic mass is 10.0. The van der Waals surface area contributed by atoms with Crippen molar-refractivity contribution in [3.63, 3.8) is 0 Å². The van der Waals surface area contributed by atoms with E-state index in [1.165, 1.54) is 141 Å². The van der Waals surface area contributed by atoms with Crippen LogP contribution in [0.2, 0.25) is 0 Å². The number of aliphatic hydroxyl groups is 3. The van der Waals surface area contributed by atoms with Crippen LogP contribution in [0.3, 0.4) is 0 Å². The Bertz CT molecular complexity index is 764. The molecule has 4 N–H and O–H groups in total. The molecule has 0 heterocycles. The molecule has 0 aromatic heterocycles. The van der Waals surface area contributed by atoms with Gasteiger partial charge in [-0.25, -0.2) is 0 Å². The van der Waals surface area contributed by atoms with Crippen LogP contribution in [-0.2, 0) is 4.79 Å². The summed E-state index contributed by atoms with van der Waals surface area (Å²) >= 11 is 0. The molecule has 0 saturated carbocycles. The highest BCUT2D eigenvalue weighted by Crippen LogP contribution is 2.14. The van der Waals surface area contributed by atoms with Crippen molar-refractivity contribution in [2.45, 2.75) is 231 Å². The smallest absolute Gasteiger partial charge is 0.222 e. The molecule has 3 unspecified atom stereocenters. The molecule has 0 aromatic rings. The van der Waals surface area contributed by atoms with E-state index in [-0.39, 0.29) is 18.9 Å². The molecule has 0 radical (unpaired) electrons. The summed E-state index contributed by atoms with van der Waals surface area (Å²) in [6.07, 6.45) is 48.5. The molecule has 288 valence electrons. The Morgan fingerprint density at radius 1 is 0.510 bits per heavy atom. The first-order valence-electron chi connectivity index (χ1n) is 21.3. The van der Waals surface area contributed by atoms with E-state index in [4.69, 9.17) is 0 Å². The van der Waals surface area contributed by atoms with Crippen molar-refractivity contribution in [3.8, 4) is 0 Å². The number of amides is 1. The van der Waals surface area contributed by atoms with E-state index in [2.05, 4.69) is 43.5 Å². The van der Waals surface area contributed by atoms with Crippen molar-refractivity contribution in [3.05, 3.63) is 36.5 Å². The number of aliphatic hydroxyl groups excluding tert-OH is 3. The first-order valence-corrected chi connectivity index (χ1v) is 21.3. The predicted octanol–water partition coefficient (Wildman–Crippen LogP) is 12.0. The Hall–Kier alpha value is -1.43. The molecule has 0 rings (SSSR count). The fourth-order valence-electron chi connectivity index (χ4n) is 6.35. The number of hydrogen-bond donors (Lipinski definition) is 4. The molecule has 49 heavy (non-hydrogen) atoms. The average molecular weight is 690 g/mol. The van der Waals surface area contributed by atoms with Crippen LogP contribution >= 0.6 is 0 Å². The Kier molecular flexibility index (Phi) is 38.2. The maximum Gasteiger partial charge on any atom is 0.222 e. The van der Waals surface area contributed by atoms with E-state index >= 15 is 0 Å². The van der Waals surface area contributed by atoms with Crippen LogP contribution in [0.1, 0.15) is 213 Å². The van der Waals surface area contributed by atoms with Crippen LogP contribution in [-0.4, -0.2) is 46.1 Å². The zero-order valence-electron chi connectivity index (χ0n) is 32.6. The molecule has 5 heteroatoms. The summed E-state index contributed by atoms with van der Waals surface area (Å²) in [6.45, 7) is 4.19. The van der Waals surface area contributed by atoms with Crippen molar-refractivity contribution in [2.75, 3.05) is 6.61 Å².